The van der Waals surface area contributed by atoms with Gasteiger partial charge in [-0.25, -0.2) is 0 Å². The molecule has 0 aliphatic carbocycles. The van der Waals surface area contributed by atoms with Gasteiger partial charge in [-0.1, -0.05) is 6.07 Å². The molecule has 0 unspecified atom stereocenters. The summed E-state index contributed by atoms with van der Waals surface area (Å²) in [5.41, 5.74) is 1.10. The van der Waals surface area contributed by atoms with E-state index in [0.717, 1.165) is 23.5 Å². The zero-order chi connectivity index (χ0) is 11.5. The molecule has 1 amide bonds. The van der Waals surface area contributed by atoms with Gasteiger partial charge in [-0.2, -0.15) is 0 Å². The summed E-state index contributed by atoms with van der Waals surface area (Å²) in [6.45, 7) is 2.03. The van der Waals surface area contributed by atoms with E-state index in [4.69, 9.17) is 9.47 Å². The first-order valence-electron chi connectivity index (χ1n) is 5.26. The Morgan fingerprint density at radius 1 is 1.56 bits per heavy atom. The van der Waals surface area contributed by atoms with Crippen molar-refractivity contribution in [3.63, 3.8) is 0 Å². The lowest BCUT2D eigenvalue weighted by molar-refractivity contribution is -0.119. The fourth-order valence-electron chi connectivity index (χ4n) is 1.86. The lowest BCUT2D eigenvalue weighted by atomic mass is 10.0. The summed E-state index contributed by atoms with van der Waals surface area (Å²) in [5.74, 6) is 1.61. The predicted molar refractivity (Wildman–Crippen MR) is 59.8 cm³/mol. The van der Waals surface area contributed by atoms with Gasteiger partial charge in [-0.3, -0.25) is 4.79 Å². The van der Waals surface area contributed by atoms with Gasteiger partial charge in [0.2, 0.25) is 5.91 Å². The van der Waals surface area contributed by atoms with E-state index in [2.05, 4.69) is 5.32 Å². The van der Waals surface area contributed by atoms with E-state index >= 15 is 0 Å². The van der Waals surface area contributed by atoms with Crippen molar-refractivity contribution in [1.29, 1.82) is 0 Å². The van der Waals surface area contributed by atoms with Crippen LogP contribution in [0.25, 0.3) is 0 Å². The summed E-state index contributed by atoms with van der Waals surface area (Å²) in [5, 5.41) is 2.86. The minimum absolute atomic E-state index is 0.0226. The second-order valence-electron chi connectivity index (χ2n) is 3.89. The van der Waals surface area contributed by atoms with Crippen molar-refractivity contribution in [3.8, 4) is 11.5 Å². The molecule has 1 heterocycles. The number of amides is 1. The molecule has 4 heteroatoms. The quantitative estimate of drug-likeness (QED) is 0.814. The highest BCUT2D eigenvalue weighted by atomic mass is 16.5. The Hall–Kier alpha value is -1.71. The van der Waals surface area contributed by atoms with Gasteiger partial charge in [0.25, 0.3) is 0 Å². The standard InChI is InChI=1S/C12H15NO3/c1-8(14)13-10-5-9-3-4-11(15-2)6-12(9)16-7-10/h3-4,6,10H,5,7H2,1-2H3,(H,13,14)/t10-/m0/s1. The van der Waals surface area contributed by atoms with Gasteiger partial charge < -0.3 is 14.8 Å². The van der Waals surface area contributed by atoms with Gasteiger partial charge in [-0.15, -0.1) is 0 Å². The van der Waals surface area contributed by atoms with Crippen molar-refractivity contribution < 1.29 is 14.3 Å². The number of methoxy groups -OCH3 is 1. The van der Waals surface area contributed by atoms with Crippen molar-refractivity contribution in [2.45, 2.75) is 19.4 Å². The summed E-state index contributed by atoms with van der Waals surface area (Å²) in [4.78, 5) is 10.9. The molecule has 1 aromatic rings. The molecule has 16 heavy (non-hydrogen) atoms. The summed E-state index contributed by atoms with van der Waals surface area (Å²) < 4.78 is 10.7. The monoisotopic (exact) mass is 221 g/mol. The average Bonchev–Trinajstić information content (AvgIpc) is 2.27. The molecule has 1 aromatic carbocycles. The van der Waals surface area contributed by atoms with Gasteiger partial charge in [-0.05, 0) is 18.1 Å². The van der Waals surface area contributed by atoms with E-state index in [9.17, 15) is 4.79 Å². The molecule has 4 nitrogen and oxygen atoms in total. The fraction of sp³-hybridized carbons (Fsp3) is 0.417. The summed E-state index contributed by atoms with van der Waals surface area (Å²) in [6, 6.07) is 5.82. The number of hydrogen-bond donors (Lipinski definition) is 1. The van der Waals surface area contributed by atoms with E-state index in [-0.39, 0.29) is 11.9 Å². The third-order valence-corrected chi connectivity index (χ3v) is 2.59. The van der Waals surface area contributed by atoms with Crippen LogP contribution in [0.5, 0.6) is 11.5 Å². The van der Waals surface area contributed by atoms with Gasteiger partial charge in [0, 0.05) is 13.0 Å². The normalized spacial score (nSPS) is 18.2. The number of hydrogen-bond acceptors (Lipinski definition) is 3. The molecule has 0 bridgehead atoms. The molecular weight excluding hydrogens is 206 g/mol. The fourth-order valence-corrected chi connectivity index (χ4v) is 1.86. The van der Waals surface area contributed by atoms with E-state index in [0.29, 0.717) is 6.61 Å². The van der Waals surface area contributed by atoms with Gasteiger partial charge in [0.05, 0.1) is 13.2 Å². The van der Waals surface area contributed by atoms with E-state index in [1.807, 2.05) is 18.2 Å². The highest BCUT2D eigenvalue weighted by molar-refractivity contribution is 5.73. The molecule has 86 valence electrons. The topological polar surface area (TPSA) is 47.6 Å². The van der Waals surface area contributed by atoms with Crippen LogP contribution in [0.15, 0.2) is 18.2 Å². The highest BCUT2D eigenvalue weighted by Gasteiger charge is 2.20. The predicted octanol–water partition coefficient (Wildman–Crippen LogP) is 1.13. The van der Waals surface area contributed by atoms with Crippen LogP contribution < -0.4 is 14.8 Å². The number of carbonyl (C=O) groups is 1. The summed E-state index contributed by atoms with van der Waals surface area (Å²) in [6.07, 6.45) is 0.804. The zero-order valence-corrected chi connectivity index (χ0v) is 9.45. The first-order valence-corrected chi connectivity index (χ1v) is 5.26. The first-order chi connectivity index (χ1) is 7.69. The van der Waals surface area contributed by atoms with Crippen LogP contribution >= 0.6 is 0 Å². The first kappa shape index (κ1) is 10.8. The SMILES string of the molecule is COc1ccc2c(c1)OC[C@@H](NC(C)=O)C2. The van der Waals surface area contributed by atoms with E-state index < -0.39 is 0 Å². The Morgan fingerprint density at radius 2 is 2.38 bits per heavy atom. The molecule has 1 atom stereocenters. The average molecular weight is 221 g/mol. The second kappa shape index (κ2) is 4.43. The molecule has 0 fully saturated rings. The Morgan fingerprint density at radius 3 is 3.06 bits per heavy atom. The molecular formula is C12H15NO3. The lowest BCUT2D eigenvalue weighted by Crippen LogP contribution is -2.41. The Kier molecular flexibility index (Phi) is 2.99. The molecule has 1 N–H and O–H groups in total. The molecule has 0 radical (unpaired) electrons. The third-order valence-electron chi connectivity index (χ3n) is 2.59. The van der Waals surface area contributed by atoms with Crippen LogP contribution in [0.1, 0.15) is 12.5 Å². The smallest absolute Gasteiger partial charge is 0.217 e. The number of benzene rings is 1. The van der Waals surface area contributed by atoms with Crippen molar-refractivity contribution in [3.05, 3.63) is 23.8 Å². The van der Waals surface area contributed by atoms with Gasteiger partial charge in [0.15, 0.2) is 0 Å². The molecule has 2 rings (SSSR count). The van der Waals surface area contributed by atoms with Crippen LogP contribution in [0.4, 0.5) is 0 Å². The Labute approximate surface area is 94.6 Å². The van der Waals surface area contributed by atoms with Crippen LogP contribution in [-0.4, -0.2) is 25.7 Å². The second-order valence-corrected chi connectivity index (χ2v) is 3.89. The van der Waals surface area contributed by atoms with E-state index in [1.54, 1.807) is 7.11 Å². The summed E-state index contributed by atoms with van der Waals surface area (Å²) in [7, 11) is 1.63. The lowest BCUT2D eigenvalue weighted by Gasteiger charge is -2.25. The Bertz CT molecular complexity index is 403. The van der Waals surface area contributed by atoms with Gasteiger partial charge in [0.1, 0.15) is 18.1 Å². The number of rotatable bonds is 2. The number of carbonyl (C=O) groups excluding carboxylic acids is 1. The Balaban J connectivity index is 2.12. The maximum absolute atomic E-state index is 10.9. The summed E-state index contributed by atoms with van der Waals surface area (Å²) >= 11 is 0. The minimum atomic E-state index is -0.0226. The maximum atomic E-state index is 10.9. The van der Waals surface area contributed by atoms with Crippen molar-refractivity contribution >= 4 is 5.91 Å². The third kappa shape index (κ3) is 2.27. The highest BCUT2D eigenvalue weighted by Crippen LogP contribution is 2.28. The van der Waals surface area contributed by atoms with Gasteiger partial charge >= 0.3 is 0 Å². The molecule has 1 aliphatic heterocycles. The number of fused-ring (bicyclic) bond motifs is 1. The van der Waals surface area contributed by atoms with Crippen LogP contribution in [0.3, 0.4) is 0 Å². The minimum Gasteiger partial charge on any atom is -0.497 e. The number of ether oxygens (including phenoxy) is 2. The largest absolute Gasteiger partial charge is 0.497 e. The molecule has 0 saturated heterocycles. The molecule has 0 spiro atoms. The van der Waals surface area contributed by atoms with Crippen LogP contribution in [0.2, 0.25) is 0 Å². The van der Waals surface area contributed by atoms with Crippen molar-refractivity contribution in [2.24, 2.45) is 0 Å². The van der Waals surface area contributed by atoms with E-state index in [1.165, 1.54) is 6.92 Å². The maximum Gasteiger partial charge on any atom is 0.217 e. The number of nitrogens with one attached hydrogen (secondary N) is 1. The molecule has 0 aromatic heterocycles. The van der Waals surface area contributed by atoms with Crippen LogP contribution in [-0.2, 0) is 11.2 Å². The zero-order valence-electron chi connectivity index (χ0n) is 9.45. The molecule has 1 aliphatic rings. The van der Waals surface area contributed by atoms with Crippen molar-refractivity contribution in [1.82, 2.24) is 5.32 Å². The van der Waals surface area contributed by atoms with Crippen molar-refractivity contribution in [2.75, 3.05) is 13.7 Å². The van der Waals surface area contributed by atoms with Crippen LogP contribution in [0, 0.1) is 0 Å². The molecule has 0 saturated carbocycles.